The van der Waals surface area contributed by atoms with Crippen molar-refractivity contribution in [2.45, 2.75) is 12.8 Å². The van der Waals surface area contributed by atoms with Crippen LogP contribution in [-0.4, -0.2) is 39.8 Å². The summed E-state index contributed by atoms with van der Waals surface area (Å²) in [6.45, 7) is 1.98. The van der Waals surface area contributed by atoms with Crippen LogP contribution >= 0.6 is 0 Å². The van der Waals surface area contributed by atoms with Crippen molar-refractivity contribution in [1.29, 1.82) is 0 Å². The smallest absolute Gasteiger partial charge is 0.226 e. The Bertz CT molecular complexity index is 733. The Labute approximate surface area is 154 Å². The van der Waals surface area contributed by atoms with E-state index in [4.69, 9.17) is 9.47 Å². The van der Waals surface area contributed by atoms with Gasteiger partial charge in [-0.05, 0) is 48.7 Å². The van der Waals surface area contributed by atoms with E-state index in [2.05, 4.69) is 29.4 Å². The zero-order valence-electron chi connectivity index (χ0n) is 15.4. The van der Waals surface area contributed by atoms with E-state index in [9.17, 15) is 4.79 Å². The second-order valence-corrected chi connectivity index (χ2v) is 6.59. The maximum atomic E-state index is 12.4. The Morgan fingerprint density at radius 3 is 2.85 bits per heavy atom. The van der Waals surface area contributed by atoms with E-state index in [0.717, 1.165) is 30.0 Å². The number of nitrogens with zero attached hydrogens (tertiary/aromatic N) is 1. The van der Waals surface area contributed by atoms with Crippen LogP contribution in [0.1, 0.15) is 12.0 Å². The van der Waals surface area contributed by atoms with Crippen LogP contribution in [0.2, 0.25) is 0 Å². The summed E-state index contributed by atoms with van der Waals surface area (Å²) >= 11 is 0. The van der Waals surface area contributed by atoms with Crippen molar-refractivity contribution in [3.05, 3.63) is 54.1 Å². The summed E-state index contributed by atoms with van der Waals surface area (Å²) in [6.07, 6.45) is 1.58. The number of amides is 1. The molecule has 1 aliphatic heterocycles. The third-order valence-corrected chi connectivity index (χ3v) is 4.71. The molecule has 0 radical (unpaired) electrons. The standard InChI is InChI=1S/C21H26N2O3/c1-23(18-7-4-3-5-8-18)12-6-11-22-21(24)17-13-16-14-19(25-2)9-10-20(16)26-15-17/h3-5,7-10,14,17H,6,11-13,15H2,1-2H3,(H,22,24)/t17-/m1/s1. The zero-order chi connectivity index (χ0) is 18.4. The van der Waals surface area contributed by atoms with Gasteiger partial charge in [-0.1, -0.05) is 18.2 Å². The fourth-order valence-corrected chi connectivity index (χ4v) is 3.15. The van der Waals surface area contributed by atoms with Gasteiger partial charge in [0.1, 0.15) is 18.1 Å². The molecule has 1 aliphatic rings. The second-order valence-electron chi connectivity index (χ2n) is 6.59. The van der Waals surface area contributed by atoms with Crippen LogP contribution < -0.4 is 19.7 Å². The van der Waals surface area contributed by atoms with Crippen LogP contribution in [0, 0.1) is 5.92 Å². The molecule has 1 N–H and O–H groups in total. The Morgan fingerprint density at radius 1 is 1.27 bits per heavy atom. The van der Waals surface area contributed by atoms with E-state index >= 15 is 0 Å². The molecule has 26 heavy (non-hydrogen) atoms. The Kier molecular flexibility index (Phi) is 6.00. The van der Waals surface area contributed by atoms with Gasteiger partial charge < -0.3 is 19.7 Å². The highest BCUT2D eigenvalue weighted by Crippen LogP contribution is 2.30. The minimum atomic E-state index is -0.151. The summed E-state index contributed by atoms with van der Waals surface area (Å²) in [4.78, 5) is 14.6. The van der Waals surface area contributed by atoms with Crippen LogP contribution in [0.5, 0.6) is 11.5 Å². The molecule has 0 saturated heterocycles. The average Bonchev–Trinajstić information content (AvgIpc) is 2.70. The first-order valence-corrected chi connectivity index (χ1v) is 9.01. The lowest BCUT2D eigenvalue weighted by Gasteiger charge is -2.25. The van der Waals surface area contributed by atoms with E-state index in [1.54, 1.807) is 7.11 Å². The number of methoxy groups -OCH3 is 1. The van der Waals surface area contributed by atoms with E-state index in [1.807, 2.05) is 36.4 Å². The number of benzene rings is 2. The molecular formula is C21H26N2O3. The summed E-state index contributed by atoms with van der Waals surface area (Å²) in [5, 5.41) is 3.04. The molecule has 1 amide bonds. The molecule has 5 heteroatoms. The Morgan fingerprint density at radius 2 is 2.08 bits per heavy atom. The van der Waals surface area contributed by atoms with Crippen molar-refractivity contribution in [3.8, 4) is 11.5 Å². The van der Waals surface area contributed by atoms with E-state index in [-0.39, 0.29) is 11.8 Å². The van der Waals surface area contributed by atoms with Crippen molar-refractivity contribution in [1.82, 2.24) is 5.32 Å². The van der Waals surface area contributed by atoms with E-state index in [0.29, 0.717) is 19.6 Å². The van der Waals surface area contributed by atoms with Crippen LogP contribution in [-0.2, 0) is 11.2 Å². The lowest BCUT2D eigenvalue weighted by atomic mass is 9.96. The molecule has 0 unspecified atom stereocenters. The summed E-state index contributed by atoms with van der Waals surface area (Å²) in [5.74, 6) is 1.54. The largest absolute Gasteiger partial charge is 0.497 e. The normalized spacial score (nSPS) is 15.5. The minimum absolute atomic E-state index is 0.0563. The van der Waals surface area contributed by atoms with Gasteiger partial charge in [-0.15, -0.1) is 0 Å². The Hall–Kier alpha value is -2.69. The predicted molar refractivity (Wildman–Crippen MR) is 103 cm³/mol. The zero-order valence-corrected chi connectivity index (χ0v) is 15.4. The topological polar surface area (TPSA) is 50.8 Å². The Balaban J connectivity index is 1.44. The van der Waals surface area contributed by atoms with Crippen molar-refractivity contribution in [2.75, 3.05) is 38.8 Å². The molecular weight excluding hydrogens is 328 g/mol. The predicted octanol–water partition coefficient (Wildman–Crippen LogP) is 2.89. The lowest BCUT2D eigenvalue weighted by Crippen LogP contribution is -2.38. The molecule has 3 rings (SSSR count). The number of anilines is 1. The maximum Gasteiger partial charge on any atom is 0.226 e. The number of carbonyl (C=O) groups excluding carboxylic acids is 1. The van der Waals surface area contributed by atoms with Gasteiger partial charge in [0.05, 0.1) is 13.0 Å². The van der Waals surface area contributed by atoms with E-state index < -0.39 is 0 Å². The summed E-state index contributed by atoms with van der Waals surface area (Å²) in [6, 6.07) is 16.0. The first-order chi connectivity index (χ1) is 12.7. The van der Waals surface area contributed by atoms with Crippen LogP contribution in [0.15, 0.2) is 48.5 Å². The lowest BCUT2D eigenvalue weighted by molar-refractivity contribution is -0.126. The van der Waals surface area contributed by atoms with Crippen molar-refractivity contribution >= 4 is 11.6 Å². The van der Waals surface area contributed by atoms with Gasteiger partial charge in [-0.3, -0.25) is 4.79 Å². The molecule has 0 fully saturated rings. The van der Waals surface area contributed by atoms with Gasteiger partial charge in [0.15, 0.2) is 0 Å². The number of nitrogens with one attached hydrogen (secondary N) is 1. The fourth-order valence-electron chi connectivity index (χ4n) is 3.15. The molecule has 0 aliphatic carbocycles. The van der Waals surface area contributed by atoms with Gasteiger partial charge in [-0.2, -0.15) is 0 Å². The van der Waals surface area contributed by atoms with Crippen LogP contribution in [0.4, 0.5) is 5.69 Å². The van der Waals surface area contributed by atoms with Crippen LogP contribution in [0.3, 0.4) is 0 Å². The van der Waals surface area contributed by atoms with Gasteiger partial charge >= 0.3 is 0 Å². The number of ether oxygens (including phenoxy) is 2. The number of hydrogen-bond donors (Lipinski definition) is 1. The SMILES string of the molecule is COc1ccc2c(c1)C[C@@H](C(=O)NCCCN(C)c1ccccc1)CO2. The number of rotatable bonds is 7. The molecule has 0 bridgehead atoms. The monoisotopic (exact) mass is 354 g/mol. The maximum absolute atomic E-state index is 12.4. The van der Waals surface area contributed by atoms with Crippen LogP contribution in [0.25, 0.3) is 0 Å². The van der Waals surface area contributed by atoms with Crippen molar-refractivity contribution < 1.29 is 14.3 Å². The highest BCUT2D eigenvalue weighted by atomic mass is 16.5. The van der Waals surface area contributed by atoms with Gasteiger partial charge in [0, 0.05) is 25.8 Å². The van der Waals surface area contributed by atoms with Crippen molar-refractivity contribution in [2.24, 2.45) is 5.92 Å². The molecule has 138 valence electrons. The fraction of sp³-hybridized carbons (Fsp3) is 0.381. The summed E-state index contributed by atoms with van der Waals surface area (Å²) < 4.78 is 11.0. The quantitative estimate of drug-likeness (QED) is 0.777. The van der Waals surface area contributed by atoms with Crippen molar-refractivity contribution in [3.63, 3.8) is 0 Å². The first-order valence-electron chi connectivity index (χ1n) is 9.01. The number of para-hydroxylation sites is 1. The highest BCUT2D eigenvalue weighted by molar-refractivity contribution is 5.79. The van der Waals surface area contributed by atoms with Gasteiger partial charge in [0.2, 0.25) is 5.91 Å². The number of hydrogen-bond acceptors (Lipinski definition) is 4. The molecule has 2 aromatic carbocycles. The van der Waals surface area contributed by atoms with Gasteiger partial charge in [-0.25, -0.2) is 0 Å². The molecule has 2 aromatic rings. The molecule has 1 atom stereocenters. The molecule has 0 spiro atoms. The van der Waals surface area contributed by atoms with Gasteiger partial charge in [0.25, 0.3) is 0 Å². The molecule has 1 heterocycles. The number of fused-ring (bicyclic) bond motifs is 1. The highest BCUT2D eigenvalue weighted by Gasteiger charge is 2.26. The summed E-state index contributed by atoms with van der Waals surface area (Å²) in [7, 11) is 3.71. The first kappa shape index (κ1) is 18.1. The summed E-state index contributed by atoms with van der Waals surface area (Å²) in [5.41, 5.74) is 2.21. The average molecular weight is 354 g/mol. The third-order valence-electron chi connectivity index (χ3n) is 4.71. The van der Waals surface area contributed by atoms with E-state index in [1.165, 1.54) is 5.69 Å². The molecule has 0 saturated carbocycles. The number of carbonyl (C=O) groups is 1. The third kappa shape index (κ3) is 4.48. The molecule has 0 aromatic heterocycles. The minimum Gasteiger partial charge on any atom is -0.497 e. The molecule has 5 nitrogen and oxygen atoms in total. The second kappa shape index (κ2) is 8.61.